The average Bonchev–Trinajstić information content (AvgIpc) is 2.38. The summed E-state index contributed by atoms with van der Waals surface area (Å²) in [5.41, 5.74) is -0.758. The van der Waals surface area contributed by atoms with E-state index in [9.17, 15) is 18.0 Å². The third kappa shape index (κ3) is 3.27. The van der Waals surface area contributed by atoms with Crippen LogP contribution < -0.4 is 5.32 Å². The van der Waals surface area contributed by atoms with Crippen molar-refractivity contribution in [1.29, 1.82) is 0 Å². The molecule has 19 heavy (non-hydrogen) atoms. The molecule has 2 rings (SSSR count). The summed E-state index contributed by atoms with van der Waals surface area (Å²) in [6, 6.07) is 3.57. The molecule has 104 valence electrons. The van der Waals surface area contributed by atoms with Crippen LogP contribution >= 0.6 is 15.9 Å². The molecule has 0 bridgehead atoms. The molecule has 1 saturated heterocycles. The van der Waals surface area contributed by atoms with E-state index in [1.165, 1.54) is 12.1 Å². The first-order valence-corrected chi connectivity index (χ1v) is 6.55. The van der Waals surface area contributed by atoms with E-state index in [0.717, 1.165) is 6.07 Å². The zero-order valence-electron chi connectivity index (χ0n) is 9.93. The first kappa shape index (κ1) is 14.3. The minimum atomic E-state index is -4.47. The molecule has 1 heterocycles. The number of nitrogens with one attached hydrogen (secondary N) is 1. The van der Waals surface area contributed by atoms with Crippen molar-refractivity contribution in [3.8, 4) is 0 Å². The minimum absolute atomic E-state index is 0.0585. The van der Waals surface area contributed by atoms with E-state index in [4.69, 9.17) is 0 Å². The van der Waals surface area contributed by atoms with Crippen molar-refractivity contribution in [1.82, 2.24) is 10.2 Å². The van der Waals surface area contributed by atoms with E-state index in [1.54, 1.807) is 4.90 Å². The molecule has 1 N–H and O–H groups in total. The summed E-state index contributed by atoms with van der Waals surface area (Å²) in [6.07, 6.45) is -4.47. The van der Waals surface area contributed by atoms with Crippen LogP contribution in [0.3, 0.4) is 0 Å². The summed E-state index contributed by atoms with van der Waals surface area (Å²) in [4.78, 5) is 13.7. The van der Waals surface area contributed by atoms with Gasteiger partial charge in [0.2, 0.25) is 0 Å². The monoisotopic (exact) mass is 336 g/mol. The van der Waals surface area contributed by atoms with Crippen LogP contribution in [-0.2, 0) is 6.18 Å². The molecule has 7 heteroatoms. The molecule has 1 aromatic rings. The maximum Gasteiger partial charge on any atom is 0.417 e. The molecular formula is C12H12BrF3N2O. The quantitative estimate of drug-likeness (QED) is 0.854. The van der Waals surface area contributed by atoms with Gasteiger partial charge in [0, 0.05) is 36.2 Å². The van der Waals surface area contributed by atoms with Gasteiger partial charge in [-0.3, -0.25) is 4.79 Å². The Labute approximate surface area is 116 Å². The number of piperazine rings is 1. The molecule has 0 unspecified atom stereocenters. The lowest BCUT2D eigenvalue weighted by molar-refractivity contribution is -0.138. The van der Waals surface area contributed by atoms with E-state index in [-0.39, 0.29) is 15.9 Å². The first-order chi connectivity index (χ1) is 8.89. The highest BCUT2D eigenvalue weighted by Crippen LogP contribution is 2.35. The van der Waals surface area contributed by atoms with Crippen molar-refractivity contribution in [2.75, 3.05) is 26.2 Å². The second kappa shape index (κ2) is 5.50. The largest absolute Gasteiger partial charge is 0.417 e. The number of carbonyl (C=O) groups excluding carboxylic acids is 1. The number of amides is 1. The number of halogens is 4. The van der Waals surface area contributed by atoms with Gasteiger partial charge in [0.1, 0.15) is 0 Å². The molecule has 0 radical (unpaired) electrons. The molecule has 0 saturated carbocycles. The second-order valence-corrected chi connectivity index (χ2v) is 5.09. The Morgan fingerprint density at radius 3 is 2.47 bits per heavy atom. The predicted molar refractivity (Wildman–Crippen MR) is 67.9 cm³/mol. The summed E-state index contributed by atoms with van der Waals surface area (Å²) in [7, 11) is 0. The Morgan fingerprint density at radius 2 is 1.89 bits per heavy atom. The molecule has 1 amide bonds. The lowest BCUT2D eigenvalue weighted by Gasteiger charge is -2.27. The van der Waals surface area contributed by atoms with Crippen LogP contribution in [0.2, 0.25) is 0 Å². The average molecular weight is 337 g/mol. The number of carbonyl (C=O) groups is 1. The van der Waals surface area contributed by atoms with Crippen LogP contribution in [0.25, 0.3) is 0 Å². The van der Waals surface area contributed by atoms with Crippen molar-refractivity contribution in [3.63, 3.8) is 0 Å². The zero-order chi connectivity index (χ0) is 14.0. The summed E-state index contributed by atoms with van der Waals surface area (Å²) in [5.74, 6) is -0.362. The van der Waals surface area contributed by atoms with E-state index in [0.29, 0.717) is 26.2 Å². The van der Waals surface area contributed by atoms with Crippen molar-refractivity contribution >= 4 is 21.8 Å². The fraction of sp³-hybridized carbons (Fsp3) is 0.417. The summed E-state index contributed by atoms with van der Waals surface area (Å²) in [5, 5.41) is 3.08. The van der Waals surface area contributed by atoms with Crippen LogP contribution in [0.4, 0.5) is 13.2 Å². The standard InChI is InChI=1S/C12H12BrF3N2O/c13-10-2-1-8(7-9(10)12(14,15)16)11(19)18-5-3-17-4-6-18/h1-2,7,17H,3-6H2. The zero-order valence-corrected chi connectivity index (χ0v) is 11.5. The van der Waals surface area contributed by atoms with Gasteiger partial charge in [0.15, 0.2) is 0 Å². The molecule has 0 aromatic heterocycles. The summed E-state index contributed by atoms with van der Waals surface area (Å²) < 4.78 is 38.2. The van der Waals surface area contributed by atoms with Gasteiger partial charge >= 0.3 is 6.18 Å². The van der Waals surface area contributed by atoms with Crippen molar-refractivity contribution < 1.29 is 18.0 Å². The van der Waals surface area contributed by atoms with Gasteiger partial charge in [-0.1, -0.05) is 15.9 Å². The Hall–Kier alpha value is -1.08. The van der Waals surface area contributed by atoms with E-state index in [2.05, 4.69) is 21.2 Å². The van der Waals surface area contributed by atoms with Crippen molar-refractivity contribution in [2.45, 2.75) is 6.18 Å². The predicted octanol–water partition coefficient (Wildman–Crippen LogP) is 2.51. The van der Waals surface area contributed by atoms with Crippen LogP contribution in [0.15, 0.2) is 22.7 Å². The van der Waals surface area contributed by atoms with Gasteiger partial charge in [-0.05, 0) is 18.2 Å². The summed E-state index contributed by atoms with van der Waals surface area (Å²) >= 11 is 2.86. The van der Waals surface area contributed by atoms with Crippen LogP contribution in [0.1, 0.15) is 15.9 Å². The SMILES string of the molecule is O=C(c1ccc(Br)c(C(F)(F)F)c1)N1CCNCC1. The maximum absolute atomic E-state index is 12.8. The van der Waals surface area contributed by atoms with Gasteiger partial charge in [-0.2, -0.15) is 13.2 Å². The third-order valence-corrected chi connectivity index (χ3v) is 3.61. The fourth-order valence-corrected chi connectivity index (χ4v) is 2.40. The lowest BCUT2D eigenvalue weighted by atomic mass is 10.1. The van der Waals surface area contributed by atoms with E-state index in [1.807, 2.05) is 0 Å². The highest BCUT2D eigenvalue weighted by atomic mass is 79.9. The normalized spacial score (nSPS) is 16.5. The third-order valence-electron chi connectivity index (χ3n) is 2.92. The molecule has 3 nitrogen and oxygen atoms in total. The Kier molecular flexibility index (Phi) is 4.15. The Morgan fingerprint density at radius 1 is 1.26 bits per heavy atom. The van der Waals surface area contributed by atoms with Gasteiger partial charge < -0.3 is 10.2 Å². The highest BCUT2D eigenvalue weighted by molar-refractivity contribution is 9.10. The number of nitrogens with zero attached hydrogens (tertiary/aromatic N) is 1. The second-order valence-electron chi connectivity index (χ2n) is 4.23. The molecule has 1 aliphatic heterocycles. The minimum Gasteiger partial charge on any atom is -0.336 e. The maximum atomic E-state index is 12.8. The van der Waals surface area contributed by atoms with Crippen molar-refractivity contribution in [2.24, 2.45) is 0 Å². The fourth-order valence-electron chi connectivity index (χ4n) is 1.93. The molecule has 1 aliphatic rings. The lowest BCUT2D eigenvalue weighted by Crippen LogP contribution is -2.46. The van der Waals surface area contributed by atoms with Crippen LogP contribution in [0, 0.1) is 0 Å². The molecule has 1 fully saturated rings. The van der Waals surface area contributed by atoms with Gasteiger partial charge in [0.25, 0.3) is 5.91 Å². The smallest absolute Gasteiger partial charge is 0.336 e. The number of alkyl halides is 3. The van der Waals surface area contributed by atoms with Crippen LogP contribution in [0.5, 0.6) is 0 Å². The molecule has 0 atom stereocenters. The topological polar surface area (TPSA) is 32.3 Å². The number of rotatable bonds is 1. The number of hydrogen-bond acceptors (Lipinski definition) is 2. The molecular weight excluding hydrogens is 325 g/mol. The van der Waals surface area contributed by atoms with Crippen molar-refractivity contribution in [3.05, 3.63) is 33.8 Å². The molecule has 1 aromatic carbocycles. The Balaban J connectivity index is 2.27. The van der Waals surface area contributed by atoms with E-state index >= 15 is 0 Å². The molecule has 0 spiro atoms. The summed E-state index contributed by atoms with van der Waals surface area (Å²) in [6.45, 7) is 2.34. The Bertz CT molecular complexity index is 484. The van der Waals surface area contributed by atoms with Crippen LogP contribution in [-0.4, -0.2) is 37.0 Å². The van der Waals surface area contributed by atoms with E-state index < -0.39 is 11.7 Å². The number of hydrogen-bond donors (Lipinski definition) is 1. The first-order valence-electron chi connectivity index (χ1n) is 5.76. The van der Waals surface area contributed by atoms with Gasteiger partial charge in [-0.25, -0.2) is 0 Å². The molecule has 0 aliphatic carbocycles. The highest BCUT2D eigenvalue weighted by Gasteiger charge is 2.34. The van der Waals surface area contributed by atoms with Gasteiger partial charge in [0.05, 0.1) is 5.56 Å². The van der Waals surface area contributed by atoms with Gasteiger partial charge in [-0.15, -0.1) is 0 Å². The number of benzene rings is 1.